The molecule has 0 spiro atoms. The molecule has 110 valence electrons. The van der Waals surface area contributed by atoms with Gasteiger partial charge in [0.1, 0.15) is 10.0 Å². The van der Waals surface area contributed by atoms with E-state index in [1.165, 1.54) is 15.6 Å². The number of nitrogens with zero attached hydrogens (tertiary/aromatic N) is 2. The van der Waals surface area contributed by atoms with Crippen molar-refractivity contribution in [1.82, 2.24) is 15.5 Å². The lowest BCUT2D eigenvalue weighted by atomic mass is 10.2. The summed E-state index contributed by atoms with van der Waals surface area (Å²) < 4.78 is 6.30. The largest absolute Gasteiger partial charge is 0.383 e. The monoisotopic (exact) mass is 319 g/mol. The van der Waals surface area contributed by atoms with E-state index in [2.05, 4.69) is 45.2 Å². The Bertz CT molecular complexity index is 708. The van der Waals surface area contributed by atoms with Gasteiger partial charge in [-0.05, 0) is 6.07 Å². The molecule has 2 aromatic heterocycles. The van der Waals surface area contributed by atoms with Crippen molar-refractivity contribution >= 4 is 32.8 Å². The molecule has 0 saturated carbocycles. The molecule has 0 aliphatic carbocycles. The number of rotatable bonds is 7. The van der Waals surface area contributed by atoms with Crippen LogP contribution < -0.4 is 5.32 Å². The molecule has 0 aliphatic rings. The lowest BCUT2D eigenvalue weighted by Crippen LogP contribution is -2.21. The van der Waals surface area contributed by atoms with Gasteiger partial charge in [0.25, 0.3) is 0 Å². The molecule has 0 saturated heterocycles. The SMILES string of the molecule is COCCNCCc1nnc(-c2csc3ccccc23)s1. The van der Waals surface area contributed by atoms with Gasteiger partial charge < -0.3 is 10.1 Å². The first-order valence-electron chi connectivity index (χ1n) is 6.87. The predicted octanol–water partition coefficient (Wildman–Crippen LogP) is 3.20. The van der Waals surface area contributed by atoms with E-state index in [0.29, 0.717) is 0 Å². The first-order chi connectivity index (χ1) is 10.4. The number of hydrogen-bond donors (Lipinski definition) is 1. The van der Waals surface area contributed by atoms with Crippen molar-refractivity contribution in [1.29, 1.82) is 0 Å². The third-order valence-electron chi connectivity index (χ3n) is 3.18. The molecule has 4 nitrogen and oxygen atoms in total. The summed E-state index contributed by atoms with van der Waals surface area (Å²) in [5.74, 6) is 0. The van der Waals surface area contributed by atoms with E-state index < -0.39 is 0 Å². The molecule has 0 unspecified atom stereocenters. The minimum atomic E-state index is 0.738. The van der Waals surface area contributed by atoms with Crippen LogP contribution in [0.15, 0.2) is 29.6 Å². The van der Waals surface area contributed by atoms with Crippen molar-refractivity contribution in [2.45, 2.75) is 6.42 Å². The van der Waals surface area contributed by atoms with Crippen LogP contribution in [0.2, 0.25) is 0 Å². The van der Waals surface area contributed by atoms with Crippen molar-refractivity contribution in [2.75, 3.05) is 26.8 Å². The van der Waals surface area contributed by atoms with Crippen molar-refractivity contribution in [2.24, 2.45) is 0 Å². The third-order valence-corrected chi connectivity index (χ3v) is 5.16. The molecular formula is C15H17N3OS2. The van der Waals surface area contributed by atoms with Crippen LogP contribution in [-0.4, -0.2) is 37.0 Å². The zero-order valence-electron chi connectivity index (χ0n) is 11.8. The van der Waals surface area contributed by atoms with Gasteiger partial charge in [0.2, 0.25) is 0 Å². The molecule has 0 bridgehead atoms. The van der Waals surface area contributed by atoms with E-state index in [1.54, 1.807) is 29.8 Å². The molecular weight excluding hydrogens is 302 g/mol. The van der Waals surface area contributed by atoms with Crippen LogP contribution in [0.1, 0.15) is 5.01 Å². The Kier molecular flexibility index (Phi) is 4.92. The summed E-state index contributed by atoms with van der Waals surface area (Å²) in [6.45, 7) is 2.52. The Morgan fingerprint density at radius 3 is 3.00 bits per heavy atom. The Hall–Kier alpha value is -1.34. The molecule has 0 fully saturated rings. The molecule has 0 amide bonds. The fourth-order valence-electron chi connectivity index (χ4n) is 2.10. The summed E-state index contributed by atoms with van der Waals surface area (Å²) in [5.41, 5.74) is 1.20. The number of ether oxygens (including phenoxy) is 1. The fourth-order valence-corrected chi connectivity index (χ4v) is 3.99. The highest BCUT2D eigenvalue weighted by Gasteiger charge is 2.11. The Balaban J connectivity index is 1.67. The highest BCUT2D eigenvalue weighted by molar-refractivity contribution is 7.19. The van der Waals surface area contributed by atoms with E-state index in [1.807, 2.05) is 0 Å². The summed E-state index contributed by atoms with van der Waals surface area (Å²) >= 11 is 3.44. The fraction of sp³-hybridized carbons (Fsp3) is 0.333. The molecule has 2 heterocycles. The summed E-state index contributed by atoms with van der Waals surface area (Å²) in [6, 6.07) is 8.43. The van der Waals surface area contributed by atoms with Gasteiger partial charge in [0, 0.05) is 47.6 Å². The molecule has 1 N–H and O–H groups in total. The number of methoxy groups -OCH3 is 1. The second-order valence-electron chi connectivity index (χ2n) is 4.64. The molecule has 21 heavy (non-hydrogen) atoms. The van der Waals surface area contributed by atoms with Crippen molar-refractivity contribution in [3.63, 3.8) is 0 Å². The number of aromatic nitrogens is 2. The maximum absolute atomic E-state index is 5.00. The number of benzene rings is 1. The molecule has 1 aromatic carbocycles. The highest BCUT2D eigenvalue weighted by Crippen LogP contribution is 2.35. The van der Waals surface area contributed by atoms with Gasteiger partial charge in [0.05, 0.1) is 6.61 Å². The highest BCUT2D eigenvalue weighted by atomic mass is 32.1. The topological polar surface area (TPSA) is 47.0 Å². The minimum absolute atomic E-state index is 0.738. The Labute approximate surface area is 131 Å². The van der Waals surface area contributed by atoms with E-state index in [-0.39, 0.29) is 0 Å². The second kappa shape index (κ2) is 7.09. The van der Waals surface area contributed by atoms with Crippen LogP contribution in [0.25, 0.3) is 20.7 Å². The first-order valence-corrected chi connectivity index (χ1v) is 8.57. The van der Waals surface area contributed by atoms with E-state index in [9.17, 15) is 0 Å². The van der Waals surface area contributed by atoms with Gasteiger partial charge >= 0.3 is 0 Å². The van der Waals surface area contributed by atoms with E-state index in [4.69, 9.17) is 4.74 Å². The van der Waals surface area contributed by atoms with Crippen LogP contribution in [0.5, 0.6) is 0 Å². The molecule has 3 aromatic rings. The summed E-state index contributed by atoms with van der Waals surface area (Å²) in [6.07, 6.45) is 0.906. The van der Waals surface area contributed by atoms with Gasteiger partial charge in [-0.15, -0.1) is 21.5 Å². The van der Waals surface area contributed by atoms with Crippen molar-refractivity contribution in [3.8, 4) is 10.6 Å². The first kappa shape index (κ1) is 14.6. The number of nitrogens with one attached hydrogen (secondary N) is 1. The van der Waals surface area contributed by atoms with Crippen LogP contribution in [0.4, 0.5) is 0 Å². The van der Waals surface area contributed by atoms with Gasteiger partial charge in [0.15, 0.2) is 0 Å². The van der Waals surface area contributed by atoms with Crippen LogP contribution >= 0.6 is 22.7 Å². The summed E-state index contributed by atoms with van der Waals surface area (Å²) in [5, 5.41) is 17.5. The van der Waals surface area contributed by atoms with Crippen LogP contribution in [-0.2, 0) is 11.2 Å². The smallest absolute Gasteiger partial charge is 0.149 e. The number of fused-ring (bicyclic) bond motifs is 1. The van der Waals surface area contributed by atoms with Gasteiger partial charge in [-0.3, -0.25) is 0 Å². The Morgan fingerprint density at radius 1 is 1.19 bits per heavy atom. The van der Waals surface area contributed by atoms with Crippen molar-refractivity contribution < 1.29 is 4.74 Å². The molecule has 0 aliphatic heterocycles. The maximum Gasteiger partial charge on any atom is 0.149 e. The lowest BCUT2D eigenvalue weighted by molar-refractivity contribution is 0.199. The average Bonchev–Trinajstić information content (AvgIpc) is 3.13. The summed E-state index contributed by atoms with van der Waals surface area (Å²) in [4.78, 5) is 0. The van der Waals surface area contributed by atoms with Crippen LogP contribution in [0, 0.1) is 0 Å². The van der Waals surface area contributed by atoms with E-state index in [0.717, 1.165) is 36.1 Å². The quantitative estimate of drug-likeness (QED) is 0.679. The second-order valence-corrected chi connectivity index (χ2v) is 6.61. The Morgan fingerprint density at radius 2 is 2.10 bits per heavy atom. The van der Waals surface area contributed by atoms with Crippen molar-refractivity contribution in [3.05, 3.63) is 34.7 Å². The average molecular weight is 319 g/mol. The van der Waals surface area contributed by atoms with Gasteiger partial charge in [-0.25, -0.2) is 0 Å². The maximum atomic E-state index is 5.00. The third kappa shape index (κ3) is 3.47. The molecule has 6 heteroatoms. The van der Waals surface area contributed by atoms with Crippen LogP contribution in [0.3, 0.4) is 0 Å². The predicted molar refractivity (Wildman–Crippen MR) is 89.2 cm³/mol. The van der Waals surface area contributed by atoms with Gasteiger partial charge in [-0.2, -0.15) is 0 Å². The standard InChI is InChI=1S/C15H17N3OS2/c1-19-9-8-16-7-6-14-17-18-15(21-14)12-10-20-13-5-3-2-4-11(12)13/h2-5,10,16H,6-9H2,1H3. The lowest BCUT2D eigenvalue weighted by Gasteiger charge is -2.00. The zero-order valence-corrected chi connectivity index (χ0v) is 13.5. The molecule has 0 atom stereocenters. The number of thiophene rings is 1. The summed E-state index contributed by atoms with van der Waals surface area (Å²) in [7, 11) is 1.71. The minimum Gasteiger partial charge on any atom is -0.383 e. The molecule has 0 radical (unpaired) electrons. The molecule has 3 rings (SSSR count). The van der Waals surface area contributed by atoms with Gasteiger partial charge in [-0.1, -0.05) is 29.5 Å². The zero-order chi connectivity index (χ0) is 14.5. The van der Waals surface area contributed by atoms with E-state index >= 15 is 0 Å². The number of hydrogen-bond acceptors (Lipinski definition) is 6. The normalized spacial score (nSPS) is 11.3.